The number of para-hydroxylation sites is 1. The summed E-state index contributed by atoms with van der Waals surface area (Å²) in [6, 6.07) is 9.38. The van der Waals surface area contributed by atoms with Crippen LogP contribution < -0.4 is 10.6 Å². The van der Waals surface area contributed by atoms with Crippen molar-refractivity contribution in [3.8, 4) is 0 Å². The van der Waals surface area contributed by atoms with Crippen molar-refractivity contribution >= 4 is 44.0 Å². The number of hydrogen-bond acceptors (Lipinski definition) is 9. The van der Waals surface area contributed by atoms with Crippen LogP contribution in [0.15, 0.2) is 47.3 Å². The molecule has 136 valence electrons. The zero-order valence-electron chi connectivity index (χ0n) is 14.2. The van der Waals surface area contributed by atoms with Gasteiger partial charge in [-0.1, -0.05) is 23.5 Å². The molecule has 0 aliphatic carbocycles. The number of fused-ring (bicyclic) bond motifs is 1. The Balaban J connectivity index is 1.65. The van der Waals surface area contributed by atoms with E-state index in [1.807, 2.05) is 25.1 Å². The molecule has 0 unspecified atom stereocenters. The van der Waals surface area contributed by atoms with Crippen molar-refractivity contribution in [2.24, 2.45) is 0 Å². The van der Waals surface area contributed by atoms with E-state index in [-0.39, 0.29) is 23.9 Å². The van der Waals surface area contributed by atoms with Crippen LogP contribution in [0, 0.1) is 17.0 Å². The summed E-state index contributed by atoms with van der Waals surface area (Å²) >= 11 is 1.40. The molecule has 1 aromatic carbocycles. The lowest BCUT2D eigenvalue weighted by Gasteiger charge is -2.07. The molecule has 0 fully saturated rings. The van der Waals surface area contributed by atoms with Gasteiger partial charge in [0.05, 0.1) is 27.9 Å². The molecule has 0 radical (unpaired) electrons. The van der Waals surface area contributed by atoms with Gasteiger partial charge in [-0.2, -0.15) is 0 Å². The fraction of sp³-hybridized carbons (Fsp3) is 0.118. The predicted molar refractivity (Wildman–Crippen MR) is 102 cm³/mol. The minimum Gasteiger partial charge on any atom is -0.467 e. The van der Waals surface area contributed by atoms with Gasteiger partial charge in [0.25, 0.3) is 0 Å². The Bertz CT molecular complexity index is 1110. The molecule has 9 nitrogen and oxygen atoms in total. The summed E-state index contributed by atoms with van der Waals surface area (Å²) in [5.41, 5.74) is 1.65. The fourth-order valence-corrected chi connectivity index (χ4v) is 3.54. The number of rotatable bonds is 6. The van der Waals surface area contributed by atoms with Crippen LogP contribution >= 0.6 is 11.3 Å². The molecule has 3 heterocycles. The second-order valence-electron chi connectivity index (χ2n) is 5.68. The third-order valence-electron chi connectivity index (χ3n) is 3.86. The maximum absolute atomic E-state index is 11.6. The number of furan rings is 1. The molecular weight excluding hydrogens is 368 g/mol. The highest BCUT2D eigenvalue weighted by atomic mass is 32.1. The molecule has 0 saturated carbocycles. The maximum atomic E-state index is 11.6. The molecule has 0 saturated heterocycles. The number of thiazole rings is 1. The van der Waals surface area contributed by atoms with E-state index in [9.17, 15) is 10.1 Å². The van der Waals surface area contributed by atoms with Crippen LogP contribution in [0.2, 0.25) is 0 Å². The van der Waals surface area contributed by atoms with Crippen LogP contribution in [0.3, 0.4) is 0 Å². The number of nitrogens with one attached hydrogen (secondary N) is 2. The molecule has 0 amide bonds. The van der Waals surface area contributed by atoms with Gasteiger partial charge in [0.15, 0.2) is 5.13 Å². The summed E-state index contributed by atoms with van der Waals surface area (Å²) in [6.07, 6.45) is 2.80. The van der Waals surface area contributed by atoms with Crippen LogP contribution in [0.25, 0.3) is 10.2 Å². The van der Waals surface area contributed by atoms with Crippen LogP contribution in [0.4, 0.5) is 22.5 Å². The zero-order valence-corrected chi connectivity index (χ0v) is 15.0. The lowest BCUT2D eigenvalue weighted by molar-refractivity contribution is -0.383. The van der Waals surface area contributed by atoms with E-state index in [0.717, 1.165) is 15.8 Å². The molecule has 4 rings (SSSR count). The van der Waals surface area contributed by atoms with Gasteiger partial charge in [0.1, 0.15) is 12.1 Å². The number of anilines is 3. The van der Waals surface area contributed by atoms with Crippen molar-refractivity contribution in [3.05, 3.63) is 64.4 Å². The Hall–Kier alpha value is -3.53. The first-order valence-electron chi connectivity index (χ1n) is 8.00. The van der Waals surface area contributed by atoms with Crippen molar-refractivity contribution in [1.82, 2.24) is 15.0 Å². The van der Waals surface area contributed by atoms with E-state index < -0.39 is 4.92 Å². The SMILES string of the molecule is Cc1cccc2sc(Nc3ncnc(NCc4ccco4)c3[N+](=O)[O-])nc12. The van der Waals surface area contributed by atoms with E-state index in [0.29, 0.717) is 10.9 Å². The van der Waals surface area contributed by atoms with Gasteiger partial charge in [0.2, 0.25) is 11.6 Å². The first-order chi connectivity index (χ1) is 13.1. The van der Waals surface area contributed by atoms with Gasteiger partial charge < -0.3 is 15.1 Å². The number of nitrogens with zero attached hydrogens (tertiary/aromatic N) is 4. The Labute approximate surface area is 157 Å². The minimum absolute atomic E-state index is 0.0775. The second kappa shape index (κ2) is 7.00. The molecule has 27 heavy (non-hydrogen) atoms. The molecule has 0 aliphatic heterocycles. The quantitative estimate of drug-likeness (QED) is 0.375. The molecule has 10 heteroatoms. The van der Waals surface area contributed by atoms with Crippen molar-refractivity contribution < 1.29 is 9.34 Å². The van der Waals surface area contributed by atoms with E-state index in [4.69, 9.17) is 4.42 Å². The molecule has 0 atom stereocenters. The molecule has 0 aliphatic rings. The monoisotopic (exact) mass is 382 g/mol. The van der Waals surface area contributed by atoms with E-state index in [1.54, 1.807) is 12.1 Å². The zero-order chi connectivity index (χ0) is 18.8. The molecule has 0 spiro atoms. The average molecular weight is 382 g/mol. The summed E-state index contributed by atoms with van der Waals surface area (Å²) in [6.45, 7) is 2.24. The Morgan fingerprint density at radius 3 is 2.81 bits per heavy atom. The van der Waals surface area contributed by atoms with Crippen molar-refractivity contribution in [2.75, 3.05) is 10.6 Å². The largest absolute Gasteiger partial charge is 0.467 e. The van der Waals surface area contributed by atoms with Gasteiger partial charge >= 0.3 is 5.69 Å². The van der Waals surface area contributed by atoms with Crippen LogP contribution in [-0.2, 0) is 6.54 Å². The summed E-state index contributed by atoms with van der Waals surface area (Å²) in [5.74, 6) is 0.818. The fourth-order valence-electron chi connectivity index (χ4n) is 2.60. The normalized spacial score (nSPS) is 10.9. The minimum atomic E-state index is -0.522. The Kier molecular flexibility index (Phi) is 4.38. The van der Waals surface area contributed by atoms with Crippen molar-refractivity contribution in [1.29, 1.82) is 0 Å². The van der Waals surface area contributed by atoms with Crippen molar-refractivity contribution in [3.63, 3.8) is 0 Å². The highest BCUT2D eigenvalue weighted by molar-refractivity contribution is 7.22. The van der Waals surface area contributed by atoms with Gasteiger partial charge in [0, 0.05) is 0 Å². The number of nitro groups is 1. The number of benzene rings is 1. The third-order valence-corrected chi connectivity index (χ3v) is 4.80. The van der Waals surface area contributed by atoms with Gasteiger partial charge in [-0.25, -0.2) is 15.0 Å². The molecule has 3 aromatic heterocycles. The third kappa shape index (κ3) is 3.42. The standard InChI is InChI=1S/C17H14N6O3S/c1-10-4-2-6-12-13(10)21-17(27-12)22-16-14(23(24)25)15(19-9-20-16)18-8-11-5-3-7-26-11/h2-7,9H,8H2,1H3,(H2,18,19,20,21,22). The first kappa shape index (κ1) is 16.9. The lowest BCUT2D eigenvalue weighted by Crippen LogP contribution is -2.07. The smallest absolute Gasteiger partial charge is 0.353 e. The van der Waals surface area contributed by atoms with Gasteiger partial charge in [-0.15, -0.1) is 0 Å². The predicted octanol–water partition coefficient (Wildman–Crippen LogP) is 4.25. The molecule has 2 N–H and O–H groups in total. The van der Waals surface area contributed by atoms with E-state index in [2.05, 4.69) is 25.6 Å². The van der Waals surface area contributed by atoms with Crippen molar-refractivity contribution in [2.45, 2.75) is 13.5 Å². The van der Waals surface area contributed by atoms with E-state index >= 15 is 0 Å². The summed E-state index contributed by atoms with van der Waals surface area (Å²) in [4.78, 5) is 23.6. The summed E-state index contributed by atoms with van der Waals surface area (Å²) in [5, 5.41) is 18.0. The lowest BCUT2D eigenvalue weighted by atomic mass is 10.2. The molecule has 4 aromatic rings. The van der Waals surface area contributed by atoms with Crippen LogP contribution in [-0.4, -0.2) is 19.9 Å². The number of hydrogen-bond donors (Lipinski definition) is 2. The Morgan fingerprint density at radius 2 is 2.07 bits per heavy atom. The number of aromatic nitrogens is 3. The second-order valence-corrected chi connectivity index (χ2v) is 6.71. The molecular formula is C17H14N6O3S. The van der Waals surface area contributed by atoms with Crippen LogP contribution in [0.5, 0.6) is 0 Å². The Morgan fingerprint density at radius 1 is 1.22 bits per heavy atom. The first-order valence-corrected chi connectivity index (χ1v) is 8.82. The van der Waals surface area contributed by atoms with E-state index in [1.165, 1.54) is 23.9 Å². The topological polar surface area (TPSA) is 119 Å². The summed E-state index contributed by atoms with van der Waals surface area (Å²) in [7, 11) is 0. The highest BCUT2D eigenvalue weighted by Crippen LogP contribution is 2.34. The van der Waals surface area contributed by atoms with Gasteiger partial charge in [-0.05, 0) is 30.7 Å². The average Bonchev–Trinajstić information content (AvgIpc) is 3.29. The number of aryl methyl sites for hydroxylation is 1. The van der Waals surface area contributed by atoms with Gasteiger partial charge in [-0.3, -0.25) is 10.1 Å². The highest BCUT2D eigenvalue weighted by Gasteiger charge is 2.24. The summed E-state index contributed by atoms with van der Waals surface area (Å²) < 4.78 is 6.22. The maximum Gasteiger partial charge on any atom is 0.353 e. The van der Waals surface area contributed by atoms with Crippen LogP contribution in [0.1, 0.15) is 11.3 Å². The molecule has 0 bridgehead atoms.